The molecule has 2 fully saturated rings. The normalized spacial score (nSPS) is 22.9. The predicted octanol–water partition coefficient (Wildman–Crippen LogP) is -0.690. The summed E-state index contributed by atoms with van der Waals surface area (Å²) in [5.41, 5.74) is -2.85. The zero-order chi connectivity index (χ0) is 39.7. The highest BCUT2D eigenvalue weighted by atomic mass is 16.6. The number of nitrogens with zero attached hydrogens (tertiary/aromatic N) is 5. The van der Waals surface area contributed by atoms with Gasteiger partial charge in [0.1, 0.15) is 23.5 Å². The van der Waals surface area contributed by atoms with Crippen molar-refractivity contribution in [1.82, 2.24) is 23.5 Å². The second-order valence-electron chi connectivity index (χ2n) is 13.1. The fourth-order valence-electron chi connectivity index (χ4n) is 5.73. The van der Waals surface area contributed by atoms with Crippen LogP contribution in [-0.4, -0.2) is 128 Å². The van der Waals surface area contributed by atoms with E-state index in [-0.39, 0.29) is 31.6 Å². The van der Waals surface area contributed by atoms with Gasteiger partial charge in [0.05, 0.1) is 51.2 Å². The van der Waals surface area contributed by atoms with Crippen LogP contribution in [0.1, 0.15) is 47.5 Å². The third-order valence-electron chi connectivity index (χ3n) is 8.92. The minimum atomic E-state index is -0.972. The number of hydrogen-bond acceptors (Lipinski definition) is 13. The molecular weight excluding hydrogens is 686 g/mol. The van der Waals surface area contributed by atoms with E-state index in [1.54, 1.807) is 39.8 Å². The SMILES string of the molecule is C=CCn1c(=O)n(C)c(=O)n(C)c1=O.CCC(O)CN1C(=O)N(CC(O)CC)C(C)(C)C1=O.COCC(C)OC(=O)C1C2C=CC(O2)C1C(=O)OC. The van der Waals surface area contributed by atoms with Gasteiger partial charge in [-0.1, -0.05) is 32.1 Å². The maximum absolute atomic E-state index is 12.2. The summed E-state index contributed by atoms with van der Waals surface area (Å²) < 4.78 is 23.1. The van der Waals surface area contributed by atoms with E-state index in [0.29, 0.717) is 19.4 Å². The average molecular weight is 740 g/mol. The Bertz CT molecular complexity index is 1620. The molecule has 2 saturated heterocycles. The number of hydrogen-bond donors (Lipinski definition) is 2. The number of aromatic nitrogens is 3. The Morgan fingerprint density at radius 2 is 1.40 bits per heavy atom. The summed E-state index contributed by atoms with van der Waals surface area (Å²) in [4.78, 5) is 84.9. The highest BCUT2D eigenvalue weighted by molar-refractivity contribution is 6.06. The number of fused-ring (bicyclic) bond motifs is 2. The van der Waals surface area contributed by atoms with E-state index in [4.69, 9.17) is 18.9 Å². The van der Waals surface area contributed by atoms with Gasteiger partial charge in [0, 0.05) is 27.7 Å². The van der Waals surface area contributed by atoms with Crippen molar-refractivity contribution >= 4 is 23.9 Å². The first-order valence-electron chi connectivity index (χ1n) is 16.9. The van der Waals surface area contributed by atoms with E-state index in [2.05, 4.69) is 6.58 Å². The topological polar surface area (TPSA) is 218 Å². The Morgan fingerprint density at radius 1 is 0.904 bits per heavy atom. The van der Waals surface area contributed by atoms with Gasteiger partial charge >= 0.3 is 35.0 Å². The highest BCUT2D eigenvalue weighted by Gasteiger charge is 2.55. The Hall–Kier alpha value is -4.39. The fraction of sp³-hybridized carbons (Fsp3) is 0.676. The molecule has 3 aliphatic heterocycles. The smallest absolute Gasteiger partial charge is 0.336 e. The number of imide groups is 1. The van der Waals surface area contributed by atoms with Crippen molar-refractivity contribution in [2.45, 2.75) is 90.1 Å². The maximum Gasteiger partial charge on any atom is 0.336 e. The molecule has 0 radical (unpaired) electrons. The fourth-order valence-corrected chi connectivity index (χ4v) is 5.73. The van der Waals surface area contributed by atoms with Gasteiger partial charge < -0.3 is 34.1 Å². The number of urea groups is 1. The van der Waals surface area contributed by atoms with Gasteiger partial charge in [-0.15, -0.1) is 6.58 Å². The molecule has 0 aliphatic carbocycles. The minimum Gasteiger partial charge on any atom is -0.469 e. The summed E-state index contributed by atoms with van der Waals surface area (Å²) in [5, 5.41) is 19.3. The second kappa shape index (κ2) is 18.9. The molecule has 0 saturated carbocycles. The lowest BCUT2D eigenvalue weighted by molar-refractivity contribution is -0.163. The van der Waals surface area contributed by atoms with Crippen molar-refractivity contribution in [3.8, 4) is 0 Å². The van der Waals surface area contributed by atoms with Crippen LogP contribution in [-0.2, 0) is 54.0 Å². The van der Waals surface area contributed by atoms with Gasteiger partial charge in [-0.2, -0.15) is 0 Å². The lowest BCUT2D eigenvalue weighted by Gasteiger charge is -2.29. The highest BCUT2D eigenvalue weighted by Crippen LogP contribution is 2.40. The molecule has 18 nitrogen and oxygen atoms in total. The largest absolute Gasteiger partial charge is 0.469 e. The molecule has 4 rings (SSSR count). The van der Waals surface area contributed by atoms with Gasteiger partial charge in [-0.25, -0.2) is 32.9 Å². The van der Waals surface area contributed by atoms with Crippen LogP contribution in [0.15, 0.2) is 39.2 Å². The van der Waals surface area contributed by atoms with E-state index >= 15 is 0 Å². The standard InChI is InChI=1S/C13H24N2O4.C13H18O6.C8H11N3O3/c1-5-9(16)7-14-11(18)13(3,4)15(12(14)19)8-10(17)6-2;1-7(6-16-2)18-13(15)11-9-5-4-8(19-9)10(11)12(14)17-3;1-4-5-11-7(13)9(2)6(12)10(3)8(11)14/h9-10,16-17H,5-8H2,1-4H3;4-5,7-11H,6H2,1-3H3;4H,1,5H2,2-3H3. The van der Waals surface area contributed by atoms with Crippen LogP contribution < -0.4 is 17.1 Å². The molecule has 3 amide bonds. The molecule has 3 aliphatic rings. The summed E-state index contributed by atoms with van der Waals surface area (Å²) >= 11 is 0. The van der Waals surface area contributed by atoms with Crippen molar-refractivity contribution in [2.24, 2.45) is 25.9 Å². The predicted molar refractivity (Wildman–Crippen MR) is 186 cm³/mol. The number of carbonyl (C=O) groups is 4. The number of rotatable bonds is 13. The lowest BCUT2D eigenvalue weighted by Crippen LogP contribution is -2.52. The number of aliphatic hydroxyl groups is 2. The van der Waals surface area contributed by atoms with Crippen molar-refractivity contribution in [1.29, 1.82) is 0 Å². The summed E-state index contributed by atoms with van der Waals surface area (Å²) in [6.45, 7) is 12.6. The molecule has 2 bridgehead atoms. The van der Waals surface area contributed by atoms with E-state index in [1.165, 1.54) is 39.3 Å². The minimum absolute atomic E-state index is 0.0102. The van der Waals surface area contributed by atoms with Crippen LogP contribution in [0, 0.1) is 11.8 Å². The number of carbonyl (C=O) groups excluding carboxylic acids is 4. The van der Waals surface area contributed by atoms with E-state index < -0.39 is 76.8 Å². The number of methoxy groups -OCH3 is 2. The first-order valence-corrected chi connectivity index (χ1v) is 16.9. The van der Waals surface area contributed by atoms with Crippen molar-refractivity contribution < 1.29 is 48.3 Å². The molecule has 7 unspecified atom stereocenters. The molecule has 52 heavy (non-hydrogen) atoms. The van der Waals surface area contributed by atoms with E-state index in [0.717, 1.165) is 18.6 Å². The molecule has 18 heteroatoms. The monoisotopic (exact) mass is 739 g/mol. The van der Waals surface area contributed by atoms with Crippen LogP contribution in [0.3, 0.4) is 0 Å². The Kier molecular flexibility index (Phi) is 15.9. The number of esters is 2. The number of aliphatic hydroxyl groups excluding tert-OH is 2. The molecule has 1 aromatic rings. The number of ether oxygens (including phenoxy) is 4. The van der Waals surface area contributed by atoms with Crippen molar-refractivity contribution in [2.75, 3.05) is 33.9 Å². The van der Waals surface area contributed by atoms with E-state index in [9.17, 15) is 43.8 Å². The van der Waals surface area contributed by atoms with Crippen molar-refractivity contribution in [3.05, 3.63) is 56.3 Å². The van der Waals surface area contributed by atoms with Gasteiger partial charge in [-0.3, -0.25) is 19.3 Å². The number of amides is 3. The number of allylic oxidation sites excluding steroid dienone is 1. The third-order valence-corrected chi connectivity index (χ3v) is 8.92. The van der Waals surface area contributed by atoms with Gasteiger partial charge in [0.25, 0.3) is 5.91 Å². The van der Waals surface area contributed by atoms with Crippen LogP contribution in [0.5, 0.6) is 0 Å². The Morgan fingerprint density at radius 3 is 1.87 bits per heavy atom. The molecule has 1 aromatic heterocycles. The Labute approximate surface area is 301 Å². The van der Waals surface area contributed by atoms with Crippen LogP contribution in [0.2, 0.25) is 0 Å². The second-order valence-corrected chi connectivity index (χ2v) is 13.1. The van der Waals surface area contributed by atoms with Gasteiger partial charge in [0.2, 0.25) is 0 Å². The van der Waals surface area contributed by atoms with Crippen LogP contribution in [0.4, 0.5) is 4.79 Å². The number of β-amino-alcohol motifs (C(OH)–C–C–N with tert-alkyl or cyclic N) is 2. The first-order chi connectivity index (χ1) is 24.3. The summed E-state index contributed by atoms with van der Waals surface area (Å²) in [6, 6.07) is -0.435. The summed E-state index contributed by atoms with van der Waals surface area (Å²) in [6.07, 6.45) is 3.48. The zero-order valence-corrected chi connectivity index (χ0v) is 31.3. The van der Waals surface area contributed by atoms with Crippen LogP contribution >= 0.6 is 0 Å². The molecule has 7 atom stereocenters. The lowest BCUT2D eigenvalue weighted by atomic mass is 9.83. The Balaban J connectivity index is 0.000000274. The molecule has 0 spiro atoms. The van der Waals surface area contributed by atoms with E-state index in [1.807, 2.05) is 6.92 Å². The summed E-state index contributed by atoms with van der Waals surface area (Å²) in [7, 11) is 5.48. The molecule has 292 valence electrons. The molecule has 0 aromatic carbocycles. The third kappa shape index (κ3) is 9.72. The van der Waals surface area contributed by atoms with Crippen LogP contribution in [0.25, 0.3) is 0 Å². The molecule has 2 N–H and O–H groups in total. The zero-order valence-electron chi connectivity index (χ0n) is 31.3. The molecular formula is C34H53N5O13. The molecule has 4 heterocycles. The average Bonchev–Trinajstić information content (AvgIpc) is 3.78. The van der Waals surface area contributed by atoms with Crippen molar-refractivity contribution in [3.63, 3.8) is 0 Å². The summed E-state index contributed by atoms with van der Waals surface area (Å²) in [5.74, 6) is -2.48. The van der Waals surface area contributed by atoms with Gasteiger partial charge in [0.15, 0.2) is 0 Å². The van der Waals surface area contributed by atoms with Gasteiger partial charge in [-0.05, 0) is 33.6 Å². The maximum atomic E-state index is 12.2. The first kappa shape index (κ1) is 43.8. The quantitative estimate of drug-likeness (QED) is 0.146.